The van der Waals surface area contributed by atoms with Gasteiger partial charge in [0.15, 0.2) is 11.5 Å². The fourth-order valence-corrected chi connectivity index (χ4v) is 6.08. The minimum absolute atomic E-state index is 0.132. The molecule has 2 aliphatic heterocycles. The maximum Gasteiger partial charge on any atom is 0.165 e. The number of hydrogen-bond acceptors (Lipinski definition) is 4. The lowest BCUT2D eigenvalue weighted by Gasteiger charge is -2.58. The lowest BCUT2D eigenvalue weighted by Crippen LogP contribution is -2.66. The number of likely N-dealkylation sites (N-methyl/N-ethyl adjacent to an activating group) is 1. The van der Waals surface area contributed by atoms with Gasteiger partial charge in [0.2, 0.25) is 0 Å². The minimum atomic E-state index is 0.132. The maximum atomic E-state index is 6.57. The molecule has 2 heterocycles. The van der Waals surface area contributed by atoms with Gasteiger partial charge in [-0.15, -0.1) is 0 Å². The first-order valence-corrected chi connectivity index (χ1v) is 8.80. The van der Waals surface area contributed by atoms with Crippen molar-refractivity contribution in [3.05, 3.63) is 23.3 Å². The molecule has 2 aliphatic carbocycles. The first-order chi connectivity index (χ1) is 11.2. The van der Waals surface area contributed by atoms with Crippen molar-refractivity contribution >= 4 is 0 Å². The molecule has 1 saturated heterocycles. The summed E-state index contributed by atoms with van der Waals surface area (Å²) in [7, 11) is 5.87. The van der Waals surface area contributed by atoms with E-state index in [9.17, 15) is 0 Å². The van der Waals surface area contributed by atoms with Crippen LogP contribution in [0.25, 0.3) is 0 Å². The highest BCUT2D eigenvalue weighted by atomic mass is 16.6. The van der Waals surface area contributed by atoms with Crippen LogP contribution in [0.4, 0.5) is 0 Å². The molecule has 23 heavy (non-hydrogen) atoms. The SMILES string of the molecule is COc1ccc2c3c1O[C@@H]1C(OC)CCC4C(C2)N(C)CCC341. The first kappa shape index (κ1) is 14.1. The second-order valence-electron chi connectivity index (χ2n) is 7.67. The molecule has 4 nitrogen and oxygen atoms in total. The Hall–Kier alpha value is -1.26. The maximum absolute atomic E-state index is 6.57. The second kappa shape index (κ2) is 4.64. The molecule has 2 bridgehead atoms. The number of piperidine rings is 1. The highest BCUT2D eigenvalue weighted by molar-refractivity contribution is 5.61. The number of likely N-dealkylation sites (tertiary alicyclic amines) is 1. The van der Waals surface area contributed by atoms with E-state index in [4.69, 9.17) is 14.2 Å². The lowest BCUT2D eigenvalue weighted by atomic mass is 9.51. The van der Waals surface area contributed by atoms with Gasteiger partial charge in [0, 0.05) is 24.1 Å². The normalized spacial score (nSPS) is 40.5. The molecule has 4 aliphatic rings. The van der Waals surface area contributed by atoms with Gasteiger partial charge in [-0.1, -0.05) is 6.07 Å². The highest BCUT2D eigenvalue weighted by Gasteiger charge is 2.65. The standard InChI is InChI=1S/C19H25NO3/c1-20-9-8-19-12-5-7-15(22-3)18(19)23-17-14(21-2)6-4-11(16(17)19)10-13(12)20/h4,6,12-13,15,18H,5,7-10H2,1-3H3/t12?,13?,15?,18-,19?/m1/s1. The summed E-state index contributed by atoms with van der Waals surface area (Å²) in [6, 6.07) is 4.99. The summed E-state index contributed by atoms with van der Waals surface area (Å²) >= 11 is 0. The van der Waals surface area contributed by atoms with Crippen LogP contribution in [0, 0.1) is 5.92 Å². The Kier molecular flexibility index (Phi) is 2.85. The van der Waals surface area contributed by atoms with Gasteiger partial charge in [0.25, 0.3) is 0 Å². The Morgan fingerprint density at radius 1 is 1.26 bits per heavy atom. The van der Waals surface area contributed by atoms with E-state index in [1.54, 1.807) is 7.11 Å². The zero-order valence-electron chi connectivity index (χ0n) is 14.2. The van der Waals surface area contributed by atoms with Crippen LogP contribution in [0.3, 0.4) is 0 Å². The molecule has 1 aromatic rings. The summed E-state index contributed by atoms with van der Waals surface area (Å²) < 4.78 is 18.1. The zero-order valence-corrected chi connectivity index (χ0v) is 14.2. The van der Waals surface area contributed by atoms with Gasteiger partial charge in [-0.05, 0) is 56.8 Å². The third-order valence-electron chi connectivity index (χ3n) is 7.05. The van der Waals surface area contributed by atoms with Crippen LogP contribution in [0.5, 0.6) is 11.5 Å². The van der Waals surface area contributed by atoms with Gasteiger partial charge in [0.05, 0.1) is 13.2 Å². The summed E-state index contributed by atoms with van der Waals surface area (Å²) in [6.45, 7) is 1.15. The molecule has 4 unspecified atom stereocenters. The van der Waals surface area contributed by atoms with Crippen molar-refractivity contribution in [3.8, 4) is 11.5 Å². The molecule has 4 heteroatoms. The van der Waals surface area contributed by atoms with Crippen molar-refractivity contribution in [2.75, 3.05) is 27.8 Å². The summed E-state index contributed by atoms with van der Waals surface area (Å²) in [5.41, 5.74) is 3.05. The molecule has 5 atom stereocenters. The Morgan fingerprint density at radius 2 is 2.13 bits per heavy atom. The highest BCUT2D eigenvalue weighted by Crippen LogP contribution is 2.63. The van der Waals surface area contributed by atoms with Crippen molar-refractivity contribution in [2.24, 2.45) is 5.92 Å². The fraction of sp³-hybridized carbons (Fsp3) is 0.684. The van der Waals surface area contributed by atoms with E-state index >= 15 is 0 Å². The molecule has 5 rings (SSSR count). The quantitative estimate of drug-likeness (QED) is 0.838. The van der Waals surface area contributed by atoms with Crippen LogP contribution in [-0.4, -0.2) is 51.0 Å². The van der Waals surface area contributed by atoms with E-state index in [0.29, 0.717) is 12.0 Å². The topological polar surface area (TPSA) is 30.9 Å². The van der Waals surface area contributed by atoms with Crippen molar-refractivity contribution in [2.45, 2.75) is 49.3 Å². The van der Waals surface area contributed by atoms with Crippen LogP contribution in [0.15, 0.2) is 12.1 Å². The largest absolute Gasteiger partial charge is 0.493 e. The molecule has 1 aromatic carbocycles. The van der Waals surface area contributed by atoms with E-state index in [-0.39, 0.29) is 17.6 Å². The molecule has 0 radical (unpaired) electrons. The van der Waals surface area contributed by atoms with Crippen LogP contribution in [0.1, 0.15) is 30.4 Å². The molecular formula is C19H25NO3. The molecule has 0 amide bonds. The number of nitrogens with zero attached hydrogens (tertiary/aromatic N) is 1. The van der Waals surface area contributed by atoms with Crippen molar-refractivity contribution < 1.29 is 14.2 Å². The Labute approximate surface area is 137 Å². The van der Waals surface area contributed by atoms with Crippen LogP contribution < -0.4 is 9.47 Å². The molecule has 1 spiro atoms. The second-order valence-corrected chi connectivity index (χ2v) is 7.67. The third-order valence-corrected chi connectivity index (χ3v) is 7.05. The van der Waals surface area contributed by atoms with Gasteiger partial charge in [-0.3, -0.25) is 0 Å². The molecule has 124 valence electrons. The molecule has 0 aromatic heterocycles. The van der Waals surface area contributed by atoms with Crippen molar-refractivity contribution in [1.29, 1.82) is 0 Å². The first-order valence-electron chi connectivity index (χ1n) is 8.80. The molecule has 0 N–H and O–H groups in total. The summed E-state index contributed by atoms with van der Waals surface area (Å²) in [4.78, 5) is 2.57. The smallest absolute Gasteiger partial charge is 0.165 e. The van der Waals surface area contributed by atoms with Gasteiger partial charge in [0.1, 0.15) is 6.10 Å². The van der Waals surface area contributed by atoms with E-state index in [1.807, 2.05) is 7.11 Å². The lowest BCUT2D eigenvalue weighted by molar-refractivity contribution is -0.111. The Morgan fingerprint density at radius 3 is 2.91 bits per heavy atom. The Balaban J connectivity index is 1.77. The molecular weight excluding hydrogens is 290 g/mol. The summed E-state index contributed by atoms with van der Waals surface area (Å²) in [5.74, 6) is 2.57. The number of ether oxygens (including phenoxy) is 3. The van der Waals surface area contributed by atoms with Gasteiger partial charge < -0.3 is 19.1 Å². The monoisotopic (exact) mass is 315 g/mol. The number of rotatable bonds is 2. The average Bonchev–Trinajstić information content (AvgIpc) is 2.92. The van der Waals surface area contributed by atoms with Gasteiger partial charge in [-0.2, -0.15) is 0 Å². The Bertz CT molecular complexity index is 660. The number of methoxy groups -OCH3 is 2. The summed E-state index contributed by atoms with van der Waals surface area (Å²) in [5, 5.41) is 0. The van der Waals surface area contributed by atoms with Gasteiger partial charge in [-0.25, -0.2) is 0 Å². The van der Waals surface area contributed by atoms with E-state index in [0.717, 1.165) is 30.9 Å². The summed E-state index contributed by atoms with van der Waals surface area (Å²) in [6.07, 6.45) is 4.99. The van der Waals surface area contributed by atoms with Crippen molar-refractivity contribution in [1.82, 2.24) is 4.90 Å². The van der Waals surface area contributed by atoms with Crippen LogP contribution >= 0.6 is 0 Å². The third kappa shape index (κ3) is 1.54. The predicted octanol–water partition coefficient (Wildman–Crippen LogP) is 2.38. The van der Waals surface area contributed by atoms with Crippen LogP contribution in [0.2, 0.25) is 0 Å². The zero-order chi connectivity index (χ0) is 15.8. The van der Waals surface area contributed by atoms with E-state index < -0.39 is 0 Å². The van der Waals surface area contributed by atoms with E-state index in [2.05, 4.69) is 24.1 Å². The molecule has 1 saturated carbocycles. The fourth-order valence-electron chi connectivity index (χ4n) is 6.08. The van der Waals surface area contributed by atoms with Crippen molar-refractivity contribution in [3.63, 3.8) is 0 Å². The number of benzene rings is 1. The average molecular weight is 315 g/mol. The predicted molar refractivity (Wildman–Crippen MR) is 87.3 cm³/mol. The van der Waals surface area contributed by atoms with E-state index in [1.165, 1.54) is 24.0 Å². The minimum Gasteiger partial charge on any atom is -0.493 e. The number of hydrogen-bond donors (Lipinski definition) is 0. The van der Waals surface area contributed by atoms with Crippen LogP contribution in [-0.2, 0) is 16.6 Å². The van der Waals surface area contributed by atoms with Gasteiger partial charge >= 0.3 is 0 Å². The molecule has 2 fully saturated rings.